The molecule has 0 aliphatic rings. The van der Waals surface area contributed by atoms with E-state index in [9.17, 15) is 0 Å². The van der Waals surface area contributed by atoms with Crippen LogP contribution in [-0.2, 0) is 0 Å². The van der Waals surface area contributed by atoms with Crippen LogP contribution in [0.1, 0.15) is 40.0 Å². The Kier molecular flexibility index (Phi) is 3.95. The lowest BCUT2D eigenvalue weighted by atomic mass is 9.89. The third-order valence-corrected chi connectivity index (χ3v) is 1.46. The van der Waals surface area contributed by atoms with E-state index in [-0.39, 0.29) is 6.10 Å². The Labute approximate surface area is 64.5 Å². The molecule has 1 unspecified atom stereocenters. The second-order valence-corrected chi connectivity index (χ2v) is 4.11. The zero-order valence-corrected chi connectivity index (χ0v) is 7.35. The lowest BCUT2D eigenvalue weighted by Crippen LogP contribution is -2.07. The molecule has 10 heavy (non-hydrogen) atoms. The fourth-order valence-electron chi connectivity index (χ4n) is 0.868. The van der Waals surface area contributed by atoms with Crippen LogP contribution in [-0.4, -0.2) is 11.2 Å². The van der Waals surface area contributed by atoms with Crippen molar-refractivity contribution in [2.45, 2.75) is 46.1 Å². The molecule has 0 amide bonds. The van der Waals surface area contributed by atoms with E-state index in [1.165, 1.54) is 6.42 Å². The Bertz CT molecular complexity index is 79.2. The van der Waals surface area contributed by atoms with Crippen molar-refractivity contribution in [3.8, 4) is 0 Å². The maximum atomic E-state index is 8.84. The zero-order chi connectivity index (χ0) is 8.20. The Hall–Kier alpha value is -0.0400. The molecule has 0 spiro atoms. The van der Waals surface area contributed by atoms with Gasteiger partial charge in [-0.15, -0.1) is 0 Å². The summed E-state index contributed by atoms with van der Waals surface area (Å²) in [5.41, 5.74) is 0.398. The van der Waals surface area contributed by atoms with Gasteiger partial charge in [0, 0.05) is 0 Å². The van der Waals surface area contributed by atoms with Gasteiger partial charge in [-0.3, -0.25) is 0 Å². The van der Waals surface area contributed by atoms with Crippen molar-refractivity contribution >= 4 is 0 Å². The summed E-state index contributed by atoms with van der Waals surface area (Å²) in [4.78, 5) is 0. The Morgan fingerprint density at radius 2 is 1.90 bits per heavy atom. The van der Waals surface area contributed by atoms with Crippen molar-refractivity contribution < 1.29 is 5.11 Å². The van der Waals surface area contributed by atoms with Crippen LogP contribution in [0.25, 0.3) is 0 Å². The number of rotatable bonds is 3. The van der Waals surface area contributed by atoms with Crippen LogP contribution in [0.15, 0.2) is 0 Å². The van der Waals surface area contributed by atoms with Gasteiger partial charge in [-0.1, -0.05) is 27.2 Å². The summed E-state index contributed by atoms with van der Waals surface area (Å²) in [6.45, 7) is 10.1. The van der Waals surface area contributed by atoms with Crippen LogP contribution in [0.3, 0.4) is 0 Å². The molecule has 0 fully saturated rings. The van der Waals surface area contributed by atoms with Gasteiger partial charge in [0.1, 0.15) is 0 Å². The Morgan fingerprint density at radius 3 is 2.20 bits per heavy atom. The van der Waals surface area contributed by atoms with E-state index in [0.717, 1.165) is 12.8 Å². The van der Waals surface area contributed by atoms with Crippen molar-refractivity contribution in [1.29, 1.82) is 0 Å². The summed E-state index contributed by atoms with van der Waals surface area (Å²) in [6.07, 6.45) is 2.70. The molecule has 0 saturated heterocycles. The number of hydrogen-bond donors (Lipinski definition) is 1. The SMILES string of the molecule is [CH2]C(O)CCCC(C)(C)C. The molecule has 1 N–H and O–H groups in total. The summed E-state index contributed by atoms with van der Waals surface area (Å²) in [6, 6.07) is 0. The van der Waals surface area contributed by atoms with Crippen LogP contribution < -0.4 is 0 Å². The maximum absolute atomic E-state index is 8.84. The van der Waals surface area contributed by atoms with Gasteiger partial charge in [-0.05, 0) is 25.2 Å². The van der Waals surface area contributed by atoms with E-state index in [0.29, 0.717) is 5.41 Å². The molecule has 0 aromatic heterocycles. The Morgan fingerprint density at radius 1 is 1.40 bits per heavy atom. The fourth-order valence-corrected chi connectivity index (χ4v) is 0.868. The van der Waals surface area contributed by atoms with Gasteiger partial charge in [0.25, 0.3) is 0 Å². The minimum atomic E-state index is -0.373. The highest BCUT2D eigenvalue weighted by molar-refractivity contribution is 4.64. The predicted octanol–water partition coefficient (Wildman–Crippen LogP) is 2.40. The van der Waals surface area contributed by atoms with Crippen molar-refractivity contribution in [3.63, 3.8) is 0 Å². The van der Waals surface area contributed by atoms with Crippen LogP contribution in [0.2, 0.25) is 0 Å². The first-order valence-electron chi connectivity index (χ1n) is 3.93. The van der Waals surface area contributed by atoms with Crippen LogP contribution in [0.4, 0.5) is 0 Å². The van der Waals surface area contributed by atoms with Gasteiger partial charge in [-0.25, -0.2) is 0 Å². The first-order valence-corrected chi connectivity index (χ1v) is 3.93. The summed E-state index contributed by atoms with van der Waals surface area (Å²) >= 11 is 0. The summed E-state index contributed by atoms with van der Waals surface area (Å²) < 4.78 is 0. The normalized spacial score (nSPS) is 15.3. The minimum absolute atomic E-state index is 0.373. The smallest absolute Gasteiger partial charge is 0.0541 e. The average molecular weight is 143 g/mol. The van der Waals surface area contributed by atoms with Gasteiger partial charge < -0.3 is 5.11 Å². The quantitative estimate of drug-likeness (QED) is 0.643. The average Bonchev–Trinajstić information content (AvgIpc) is 1.59. The number of hydrogen-bond acceptors (Lipinski definition) is 1. The molecule has 1 heteroatoms. The molecule has 0 rings (SSSR count). The van der Waals surface area contributed by atoms with Crippen molar-refractivity contribution in [2.75, 3.05) is 0 Å². The molecule has 0 bridgehead atoms. The second-order valence-electron chi connectivity index (χ2n) is 4.11. The molecule has 0 aromatic rings. The lowest BCUT2D eigenvalue weighted by molar-refractivity contribution is 0.198. The van der Waals surface area contributed by atoms with Gasteiger partial charge >= 0.3 is 0 Å². The largest absolute Gasteiger partial charge is 0.393 e. The molecule has 1 radical (unpaired) electrons. The molecule has 61 valence electrons. The number of aliphatic hydroxyl groups excluding tert-OH is 1. The van der Waals surface area contributed by atoms with Gasteiger partial charge in [-0.2, -0.15) is 0 Å². The highest BCUT2D eigenvalue weighted by Gasteiger charge is 2.09. The van der Waals surface area contributed by atoms with Crippen molar-refractivity contribution in [3.05, 3.63) is 6.92 Å². The fraction of sp³-hybridized carbons (Fsp3) is 0.889. The minimum Gasteiger partial charge on any atom is -0.393 e. The van der Waals surface area contributed by atoms with Crippen LogP contribution >= 0.6 is 0 Å². The zero-order valence-electron chi connectivity index (χ0n) is 7.35. The van der Waals surface area contributed by atoms with Crippen molar-refractivity contribution in [2.24, 2.45) is 5.41 Å². The van der Waals surface area contributed by atoms with E-state index < -0.39 is 0 Å². The van der Waals surface area contributed by atoms with Gasteiger partial charge in [0.2, 0.25) is 0 Å². The van der Waals surface area contributed by atoms with E-state index in [2.05, 4.69) is 27.7 Å². The van der Waals surface area contributed by atoms with E-state index in [4.69, 9.17) is 5.11 Å². The first-order chi connectivity index (χ1) is 4.42. The highest BCUT2D eigenvalue weighted by atomic mass is 16.3. The second kappa shape index (κ2) is 3.97. The topological polar surface area (TPSA) is 20.2 Å². The maximum Gasteiger partial charge on any atom is 0.0541 e. The van der Waals surface area contributed by atoms with E-state index >= 15 is 0 Å². The van der Waals surface area contributed by atoms with E-state index in [1.807, 2.05) is 0 Å². The third kappa shape index (κ3) is 7.96. The van der Waals surface area contributed by atoms with Crippen LogP contribution in [0, 0.1) is 12.3 Å². The summed E-state index contributed by atoms with van der Waals surface area (Å²) in [7, 11) is 0. The Balaban J connectivity index is 3.21. The predicted molar refractivity (Wildman–Crippen MR) is 44.7 cm³/mol. The highest BCUT2D eigenvalue weighted by Crippen LogP contribution is 2.21. The molecular weight excluding hydrogens is 124 g/mol. The molecule has 0 aliphatic heterocycles. The molecule has 1 nitrogen and oxygen atoms in total. The van der Waals surface area contributed by atoms with E-state index in [1.54, 1.807) is 0 Å². The molecule has 0 heterocycles. The van der Waals surface area contributed by atoms with Crippen LogP contribution in [0.5, 0.6) is 0 Å². The molecular formula is C9H19O. The summed E-state index contributed by atoms with van der Waals surface area (Å²) in [5.74, 6) is 0. The monoisotopic (exact) mass is 143 g/mol. The molecule has 1 atom stereocenters. The molecule has 0 aromatic carbocycles. The van der Waals surface area contributed by atoms with Crippen molar-refractivity contribution in [1.82, 2.24) is 0 Å². The number of aliphatic hydroxyl groups is 1. The molecule has 0 saturated carbocycles. The van der Waals surface area contributed by atoms with Gasteiger partial charge in [0.05, 0.1) is 6.10 Å². The third-order valence-electron chi connectivity index (χ3n) is 1.46. The van der Waals surface area contributed by atoms with Gasteiger partial charge in [0.15, 0.2) is 0 Å². The standard InChI is InChI=1S/C9H19O/c1-8(10)6-5-7-9(2,3)4/h8,10H,1,5-7H2,2-4H3. The molecule has 0 aliphatic carbocycles. The summed E-state index contributed by atoms with van der Waals surface area (Å²) in [5, 5.41) is 8.84. The first kappa shape index (κ1) is 9.96. The lowest BCUT2D eigenvalue weighted by Gasteiger charge is -2.17.